The number of benzene rings is 1. The van der Waals surface area contributed by atoms with Crippen molar-refractivity contribution in [2.24, 2.45) is 0 Å². The first-order valence-electron chi connectivity index (χ1n) is 4.17. The van der Waals surface area contributed by atoms with E-state index in [1.165, 1.54) is 5.56 Å². The van der Waals surface area contributed by atoms with Crippen molar-refractivity contribution >= 4 is 47.8 Å². The molecule has 1 nitrogen and oxygen atoms in total. The maximum Gasteiger partial charge on any atom is 0.101 e. The molecule has 0 aliphatic carbocycles. The van der Waals surface area contributed by atoms with Gasteiger partial charge in [0.25, 0.3) is 0 Å². The standard InChI is InChI=1S/C10H11Br3O/c1-10(12,13)7-14-6-8-2-4-9(11)5-3-8/h2-5H,6-7H2,1H3. The molecule has 0 aromatic heterocycles. The molecule has 0 unspecified atom stereocenters. The van der Waals surface area contributed by atoms with Gasteiger partial charge in [-0.2, -0.15) is 0 Å². The van der Waals surface area contributed by atoms with Crippen LogP contribution in [0, 0.1) is 0 Å². The Morgan fingerprint density at radius 3 is 2.29 bits per heavy atom. The van der Waals surface area contributed by atoms with Gasteiger partial charge in [-0.3, -0.25) is 0 Å². The fourth-order valence-electron chi connectivity index (χ4n) is 0.929. The second-order valence-corrected chi connectivity index (χ2v) is 8.67. The number of hydrogen-bond acceptors (Lipinski definition) is 1. The number of halogens is 3. The first-order valence-corrected chi connectivity index (χ1v) is 6.55. The third kappa shape index (κ3) is 5.49. The fourth-order valence-corrected chi connectivity index (χ4v) is 1.52. The lowest BCUT2D eigenvalue weighted by molar-refractivity contribution is 0.121. The number of ether oxygens (including phenoxy) is 1. The first kappa shape index (κ1) is 12.7. The van der Waals surface area contributed by atoms with Gasteiger partial charge in [-0.05, 0) is 24.6 Å². The minimum atomic E-state index is -0.130. The van der Waals surface area contributed by atoms with E-state index >= 15 is 0 Å². The van der Waals surface area contributed by atoms with E-state index in [9.17, 15) is 0 Å². The predicted octanol–water partition coefficient (Wildman–Crippen LogP) is 4.47. The van der Waals surface area contributed by atoms with Gasteiger partial charge in [-0.15, -0.1) is 0 Å². The zero-order valence-corrected chi connectivity index (χ0v) is 12.5. The molecule has 1 aromatic rings. The molecule has 14 heavy (non-hydrogen) atoms. The van der Waals surface area contributed by atoms with E-state index in [0.717, 1.165) is 4.47 Å². The third-order valence-corrected chi connectivity index (χ3v) is 2.52. The Bertz CT molecular complexity index is 276. The quantitative estimate of drug-likeness (QED) is 0.693. The highest BCUT2D eigenvalue weighted by molar-refractivity contribution is 9.25. The Kier molecular flexibility index (Phi) is 5.11. The van der Waals surface area contributed by atoms with Crippen molar-refractivity contribution in [3.05, 3.63) is 34.3 Å². The van der Waals surface area contributed by atoms with E-state index in [1.54, 1.807) is 0 Å². The summed E-state index contributed by atoms with van der Waals surface area (Å²) in [7, 11) is 0. The first-order chi connectivity index (χ1) is 6.47. The molecule has 1 rings (SSSR count). The molecule has 0 saturated carbocycles. The summed E-state index contributed by atoms with van der Waals surface area (Å²) in [5.74, 6) is 0. The molecule has 0 N–H and O–H groups in total. The molecule has 0 aliphatic rings. The van der Waals surface area contributed by atoms with Gasteiger partial charge in [0.05, 0.1) is 13.2 Å². The van der Waals surface area contributed by atoms with Crippen molar-refractivity contribution in [1.29, 1.82) is 0 Å². The molecule has 0 bridgehead atoms. The van der Waals surface area contributed by atoms with E-state index in [-0.39, 0.29) is 3.23 Å². The maximum atomic E-state index is 5.51. The Labute approximate surface area is 110 Å². The van der Waals surface area contributed by atoms with Crippen LogP contribution >= 0.6 is 47.8 Å². The molecule has 1 aromatic carbocycles. The summed E-state index contributed by atoms with van der Waals surface area (Å²) in [5.41, 5.74) is 1.18. The van der Waals surface area contributed by atoms with Crippen molar-refractivity contribution in [3.63, 3.8) is 0 Å². The number of alkyl halides is 2. The van der Waals surface area contributed by atoms with Crippen LogP contribution in [0.2, 0.25) is 0 Å². The lowest BCUT2D eigenvalue weighted by Gasteiger charge is -2.14. The highest BCUT2D eigenvalue weighted by atomic mass is 79.9. The summed E-state index contributed by atoms with van der Waals surface area (Å²) in [6, 6.07) is 8.12. The highest BCUT2D eigenvalue weighted by Gasteiger charge is 2.14. The Morgan fingerprint density at radius 2 is 1.79 bits per heavy atom. The van der Waals surface area contributed by atoms with Crippen LogP contribution in [0.4, 0.5) is 0 Å². The normalized spacial score (nSPS) is 11.7. The minimum Gasteiger partial charge on any atom is -0.374 e. The molecule has 0 fully saturated rings. The molecule has 4 heteroatoms. The van der Waals surface area contributed by atoms with Gasteiger partial charge in [0.1, 0.15) is 3.23 Å². The largest absolute Gasteiger partial charge is 0.374 e. The topological polar surface area (TPSA) is 9.23 Å². The van der Waals surface area contributed by atoms with Gasteiger partial charge >= 0.3 is 0 Å². The van der Waals surface area contributed by atoms with Gasteiger partial charge in [-0.25, -0.2) is 0 Å². The summed E-state index contributed by atoms with van der Waals surface area (Å²) >= 11 is 10.3. The number of rotatable bonds is 4. The molecular weight excluding hydrogens is 376 g/mol. The average molecular weight is 387 g/mol. The van der Waals surface area contributed by atoms with Gasteiger partial charge in [0, 0.05) is 4.47 Å². The van der Waals surface area contributed by atoms with E-state index < -0.39 is 0 Å². The molecule has 0 spiro atoms. The molecular formula is C10H11Br3O. The summed E-state index contributed by atoms with van der Waals surface area (Å²) in [5, 5.41) is 0. The zero-order chi connectivity index (χ0) is 10.6. The monoisotopic (exact) mass is 384 g/mol. The van der Waals surface area contributed by atoms with Gasteiger partial charge in [0.2, 0.25) is 0 Å². The van der Waals surface area contributed by atoms with E-state index in [1.807, 2.05) is 31.2 Å². The smallest absolute Gasteiger partial charge is 0.101 e. The molecule has 0 heterocycles. The molecule has 78 valence electrons. The SMILES string of the molecule is CC(Br)(Br)COCc1ccc(Br)cc1. The molecule has 0 aliphatic heterocycles. The van der Waals surface area contributed by atoms with E-state index in [4.69, 9.17) is 4.74 Å². The molecule has 0 radical (unpaired) electrons. The summed E-state index contributed by atoms with van der Waals surface area (Å²) in [4.78, 5) is 0. The summed E-state index contributed by atoms with van der Waals surface area (Å²) in [6.07, 6.45) is 0. The van der Waals surface area contributed by atoms with Crippen LogP contribution in [0.1, 0.15) is 12.5 Å². The lowest BCUT2D eigenvalue weighted by Crippen LogP contribution is -2.14. The highest BCUT2D eigenvalue weighted by Crippen LogP contribution is 2.25. The van der Waals surface area contributed by atoms with Gasteiger partial charge in [0.15, 0.2) is 0 Å². The Hall–Kier alpha value is 0.620. The summed E-state index contributed by atoms with van der Waals surface area (Å²) < 4.78 is 6.48. The molecule has 0 saturated heterocycles. The van der Waals surface area contributed by atoms with E-state index in [0.29, 0.717) is 13.2 Å². The van der Waals surface area contributed by atoms with E-state index in [2.05, 4.69) is 47.8 Å². The van der Waals surface area contributed by atoms with Crippen molar-refractivity contribution in [2.45, 2.75) is 16.8 Å². The molecule has 0 atom stereocenters. The fraction of sp³-hybridized carbons (Fsp3) is 0.400. The maximum absolute atomic E-state index is 5.51. The molecule has 0 amide bonds. The predicted molar refractivity (Wildman–Crippen MR) is 70.1 cm³/mol. The van der Waals surface area contributed by atoms with Crippen LogP contribution < -0.4 is 0 Å². The van der Waals surface area contributed by atoms with Crippen molar-refractivity contribution in [1.82, 2.24) is 0 Å². The Balaban J connectivity index is 2.35. The second-order valence-electron chi connectivity index (χ2n) is 3.19. The number of hydrogen-bond donors (Lipinski definition) is 0. The van der Waals surface area contributed by atoms with Crippen molar-refractivity contribution in [3.8, 4) is 0 Å². The van der Waals surface area contributed by atoms with Crippen LogP contribution in [0.15, 0.2) is 28.7 Å². The van der Waals surface area contributed by atoms with Crippen LogP contribution in [-0.2, 0) is 11.3 Å². The van der Waals surface area contributed by atoms with Crippen LogP contribution in [-0.4, -0.2) is 9.84 Å². The second kappa shape index (κ2) is 5.64. The minimum absolute atomic E-state index is 0.130. The lowest BCUT2D eigenvalue weighted by atomic mass is 10.2. The zero-order valence-electron chi connectivity index (χ0n) is 7.77. The third-order valence-electron chi connectivity index (χ3n) is 1.54. The van der Waals surface area contributed by atoms with Crippen molar-refractivity contribution in [2.75, 3.05) is 6.61 Å². The van der Waals surface area contributed by atoms with Gasteiger partial charge in [-0.1, -0.05) is 59.9 Å². The Morgan fingerprint density at radius 1 is 1.21 bits per heavy atom. The average Bonchev–Trinajstić information content (AvgIpc) is 2.06. The van der Waals surface area contributed by atoms with Crippen LogP contribution in [0.25, 0.3) is 0 Å². The van der Waals surface area contributed by atoms with Crippen LogP contribution in [0.5, 0.6) is 0 Å². The van der Waals surface area contributed by atoms with Gasteiger partial charge < -0.3 is 4.74 Å². The summed E-state index contributed by atoms with van der Waals surface area (Å²) in [6.45, 7) is 3.28. The van der Waals surface area contributed by atoms with Crippen molar-refractivity contribution < 1.29 is 4.74 Å². The van der Waals surface area contributed by atoms with Crippen LogP contribution in [0.3, 0.4) is 0 Å².